The molecule has 20 heteroatoms. The molecule has 0 atom stereocenters. The maximum atomic E-state index is 15.7. The number of alkyl halides is 3. The Bertz CT molecular complexity index is 2170. The van der Waals surface area contributed by atoms with Gasteiger partial charge < -0.3 is 30.0 Å². The van der Waals surface area contributed by atoms with Gasteiger partial charge in [0.25, 0.3) is 5.91 Å². The van der Waals surface area contributed by atoms with Crippen LogP contribution in [0.2, 0.25) is 51.4 Å². The summed E-state index contributed by atoms with van der Waals surface area (Å²) in [5.41, 5.74) is 5.88. The average Bonchev–Trinajstić information content (AvgIpc) is 3.46. The fourth-order valence-corrected chi connectivity index (χ4v) is 7.62. The minimum atomic E-state index is -4.70. The SMILES string of the molecule is COc1ccc(CNc2nc(-c3cc(F)c(OCOCC[Si](C)(C)C)cc3CC(F)(F)F)cc3c2c(C(N)=O)nn3COCC[Si](C)(C)C)c(N(C)S(C)(=O)=O)c1. The molecule has 0 saturated carbocycles. The second-order valence-electron chi connectivity index (χ2n) is 16.1. The van der Waals surface area contributed by atoms with Gasteiger partial charge in [-0.15, -0.1) is 0 Å². The summed E-state index contributed by atoms with van der Waals surface area (Å²) in [4.78, 5) is 17.5. The number of ether oxygens (including phenoxy) is 4. The summed E-state index contributed by atoms with van der Waals surface area (Å²) in [5, 5.41) is 7.65. The van der Waals surface area contributed by atoms with Crippen molar-refractivity contribution in [3.8, 4) is 22.8 Å². The molecule has 57 heavy (non-hydrogen) atoms. The van der Waals surface area contributed by atoms with Crippen molar-refractivity contribution >= 4 is 54.5 Å². The van der Waals surface area contributed by atoms with Gasteiger partial charge in [-0.3, -0.25) is 9.10 Å². The van der Waals surface area contributed by atoms with Crippen LogP contribution in [0.15, 0.2) is 36.4 Å². The topological polar surface area (TPSA) is 160 Å². The molecule has 4 aromatic rings. The number of hydrogen-bond acceptors (Lipinski definition) is 10. The van der Waals surface area contributed by atoms with E-state index in [0.717, 1.165) is 34.8 Å². The van der Waals surface area contributed by atoms with Crippen molar-refractivity contribution in [3.63, 3.8) is 0 Å². The predicted octanol–water partition coefficient (Wildman–Crippen LogP) is 7.46. The van der Waals surface area contributed by atoms with E-state index in [2.05, 4.69) is 54.7 Å². The number of anilines is 2. The Morgan fingerprint density at radius 1 is 0.982 bits per heavy atom. The highest BCUT2D eigenvalue weighted by molar-refractivity contribution is 7.92. The third-order valence-electron chi connectivity index (χ3n) is 8.87. The number of amides is 1. The van der Waals surface area contributed by atoms with Crippen molar-refractivity contribution in [1.82, 2.24) is 14.8 Å². The van der Waals surface area contributed by atoms with Gasteiger partial charge in [-0.1, -0.05) is 45.3 Å². The van der Waals surface area contributed by atoms with E-state index in [1.54, 1.807) is 12.1 Å². The highest BCUT2D eigenvalue weighted by Crippen LogP contribution is 2.38. The van der Waals surface area contributed by atoms with E-state index >= 15 is 4.39 Å². The standard InChI is InChI=1S/C37H52F4N6O7SSi2/c1-46(55(3,49)50)30-17-26(51-2)11-10-24(30)21-43-36-33-31(47(45-34(33)35(42)48)22-52-12-14-56(4,5)6)19-29(44-36)27-18-28(38)32(16-25(27)20-37(39,40)41)54-23-53-13-15-57(7,8)9/h10-11,16-19H,12-15,20-23H2,1-9H3,(H2,42,48)(H,43,44). The van der Waals surface area contributed by atoms with Crippen LogP contribution in [-0.4, -0.2) is 91.8 Å². The van der Waals surface area contributed by atoms with Gasteiger partial charge in [-0.25, -0.2) is 22.5 Å². The number of methoxy groups -OCH3 is 1. The molecule has 0 radical (unpaired) electrons. The Labute approximate surface area is 332 Å². The first-order valence-electron chi connectivity index (χ1n) is 18.1. The third-order valence-corrected chi connectivity index (χ3v) is 13.5. The maximum absolute atomic E-state index is 15.7. The summed E-state index contributed by atoms with van der Waals surface area (Å²) in [7, 11) is -3.87. The molecule has 0 unspecified atom stereocenters. The Hall–Kier alpha value is -4.25. The first kappa shape index (κ1) is 45.5. The molecule has 0 saturated heterocycles. The van der Waals surface area contributed by atoms with Crippen LogP contribution >= 0.6 is 0 Å². The fraction of sp³-hybridized carbons (Fsp3) is 0.486. The number of primary amides is 1. The van der Waals surface area contributed by atoms with Crippen LogP contribution in [0.5, 0.6) is 11.5 Å². The van der Waals surface area contributed by atoms with Crippen molar-refractivity contribution in [2.24, 2.45) is 5.73 Å². The molecule has 0 fully saturated rings. The highest BCUT2D eigenvalue weighted by Gasteiger charge is 2.31. The van der Waals surface area contributed by atoms with E-state index in [0.29, 0.717) is 24.5 Å². The quantitative estimate of drug-likeness (QED) is 0.0395. The highest BCUT2D eigenvalue weighted by atomic mass is 32.2. The van der Waals surface area contributed by atoms with Crippen LogP contribution in [0.4, 0.5) is 29.1 Å². The largest absolute Gasteiger partial charge is 0.497 e. The summed E-state index contributed by atoms with van der Waals surface area (Å²) in [5.74, 6) is -1.96. The van der Waals surface area contributed by atoms with Crippen LogP contribution in [0.25, 0.3) is 22.2 Å². The number of benzene rings is 2. The zero-order valence-electron chi connectivity index (χ0n) is 33.8. The minimum Gasteiger partial charge on any atom is -0.497 e. The van der Waals surface area contributed by atoms with Crippen LogP contribution in [0.1, 0.15) is 21.6 Å². The number of nitrogens with one attached hydrogen (secondary N) is 1. The molecule has 2 aromatic carbocycles. The molecular weight excluding hydrogens is 805 g/mol. The molecule has 0 aliphatic heterocycles. The molecule has 2 heterocycles. The fourth-order valence-electron chi connectivity index (χ4n) is 5.58. The smallest absolute Gasteiger partial charge is 0.393 e. The van der Waals surface area contributed by atoms with E-state index in [1.807, 2.05) is 0 Å². The van der Waals surface area contributed by atoms with Crippen LogP contribution in [0, 0.1) is 5.82 Å². The molecule has 3 N–H and O–H groups in total. The lowest BCUT2D eigenvalue weighted by atomic mass is 9.99. The van der Waals surface area contributed by atoms with Gasteiger partial charge in [0.2, 0.25) is 10.0 Å². The van der Waals surface area contributed by atoms with E-state index in [9.17, 15) is 26.4 Å². The third kappa shape index (κ3) is 12.9. The van der Waals surface area contributed by atoms with Crippen LogP contribution < -0.4 is 24.8 Å². The molecule has 13 nitrogen and oxygen atoms in total. The van der Waals surface area contributed by atoms with Crippen LogP contribution in [-0.2, 0) is 39.2 Å². The van der Waals surface area contributed by atoms with E-state index in [4.69, 9.17) is 24.7 Å². The monoisotopic (exact) mass is 856 g/mol. The number of carbonyl (C=O) groups excluding carboxylic acids is 1. The molecule has 0 bridgehead atoms. The van der Waals surface area contributed by atoms with Gasteiger partial charge in [-0.05, 0) is 47.5 Å². The lowest BCUT2D eigenvalue weighted by molar-refractivity contribution is -0.127. The number of sulfonamides is 1. The normalized spacial score (nSPS) is 12.6. The zero-order chi connectivity index (χ0) is 42.5. The van der Waals surface area contributed by atoms with E-state index in [-0.39, 0.29) is 65.0 Å². The number of rotatable bonds is 20. The molecule has 0 aliphatic rings. The van der Waals surface area contributed by atoms with Crippen molar-refractivity contribution < 1.29 is 49.7 Å². The number of hydrogen-bond donors (Lipinski definition) is 2. The van der Waals surface area contributed by atoms with Gasteiger partial charge in [0, 0.05) is 54.6 Å². The average molecular weight is 857 g/mol. The minimum absolute atomic E-state index is 0.0390. The molecule has 2 aromatic heterocycles. The number of fused-ring (bicyclic) bond motifs is 1. The molecule has 314 valence electrons. The van der Waals surface area contributed by atoms with Gasteiger partial charge in [0.1, 0.15) is 18.3 Å². The first-order chi connectivity index (χ1) is 26.4. The van der Waals surface area contributed by atoms with Gasteiger partial charge in [-0.2, -0.15) is 18.3 Å². The number of nitrogens with zero attached hydrogens (tertiary/aromatic N) is 4. The summed E-state index contributed by atoms with van der Waals surface area (Å²) < 4.78 is 108. The molecule has 0 spiro atoms. The van der Waals surface area contributed by atoms with Crippen LogP contribution in [0.3, 0.4) is 0 Å². The maximum Gasteiger partial charge on any atom is 0.393 e. The molecule has 0 aliphatic carbocycles. The van der Waals surface area contributed by atoms with Crippen molar-refractivity contribution in [2.45, 2.75) is 77.2 Å². The lowest BCUT2D eigenvalue weighted by Gasteiger charge is -2.22. The van der Waals surface area contributed by atoms with E-state index in [1.165, 1.54) is 31.0 Å². The number of carbonyl (C=O) groups is 1. The molecule has 4 rings (SSSR count). The summed E-state index contributed by atoms with van der Waals surface area (Å²) in [6.45, 7) is 13.1. The number of halogens is 4. The van der Waals surface area contributed by atoms with Crippen molar-refractivity contribution in [1.29, 1.82) is 0 Å². The summed E-state index contributed by atoms with van der Waals surface area (Å²) in [6.07, 6.45) is -5.12. The van der Waals surface area contributed by atoms with Crippen molar-refractivity contribution in [2.75, 3.05) is 50.0 Å². The Kier molecular flexibility index (Phi) is 14.5. The number of pyridine rings is 1. The Balaban J connectivity index is 1.89. The lowest BCUT2D eigenvalue weighted by Crippen LogP contribution is -2.26. The summed E-state index contributed by atoms with van der Waals surface area (Å²) in [6, 6.07) is 9.69. The zero-order valence-corrected chi connectivity index (χ0v) is 36.6. The Morgan fingerprint density at radius 2 is 1.63 bits per heavy atom. The van der Waals surface area contributed by atoms with Gasteiger partial charge >= 0.3 is 6.18 Å². The molecular formula is C37H52F4N6O7SSi2. The number of aromatic nitrogens is 3. The second-order valence-corrected chi connectivity index (χ2v) is 29.4. The van der Waals surface area contributed by atoms with E-state index < -0.39 is 56.2 Å². The summed E-state index contributed by atoms with van der Waals surface area (Å²) >= 11 is 0. The predicted molar refractivity (Wildman–Crippen MR) is 218 cm³/mol. The van der Waals surface area contributed by atoms with Gasteiger partial charge in [0.15, 0.2) is 24.1 Å². The second kappa shape index (κ2) is 18.1. The Morgan fingerprint density at radius 3 is 2.21 bits per heavy atom. The molecule has 1 amide bonds. The first-order valence-corrected chi connectivity index (χ1v) is 27.4. The number of nitrogens with two attached hydrogens (primary N) is 1. The van der Waals surface area contributed by atoms with Crippen molar-refractivity contribution in [3.05, 3.63) is 59.0 Å². The van der Waals surface area contributed by atoms with Gasteiger partial charge in [0.05, 0.1) is 42.1 Å².